The number of rotatable bonds is 5. The molecule has 0 spiro atoms. The van der Waals surface area contributed by atoms with Crippen molar-refractivity contribution in [1.29, 1.82) is 0 Å². The second kappa shape index (κ2) is 10.4. The van der Waals surface area contributed by atoms with Crippen molar-refractivity contribution in [2.75, 3.05) is 51.7 Å². The Morgan fingerprint density at radius 2 is 1.85 bits per heavy atom. The Balaban J connectivity index is 1.80. The zero-order valence-corrected chi connectivity index (χ0v) is 16.3. The molecule has 1 aromatic rings. The molecule has 27 heavy (non-hydrogen) atoms. The first-order valence-electron chi connectivity index (χ1n) is 9.33. The summed E-state index contributed by atoms with van der Waals surface area (Å²) < 4.78 is 5.03. The van der Waals surface area contributed by atoms with E-state index in [9.17, 15) is 9.59 Å². The molecule has 2 rings (SSSR count). The smallest absolute Gasteiger partial charge is 0.409 e. The number of carbonyl (C=O) groups is 2. The lowest BCUT2D eigenvalue weighted by molar-refractivity contribution is -0.115. The summed E-state index contributed by atoms with van der Waals surface area (Å²) in [6, 6.07) is 7.82. The topological polar surface area (TPSA) is 86.3 Å². The van der Waals surface area contributed by atoms with Crippen LogP contribution in [0.5, 0.6) is 0 Å². The van der Waals surface area contributed by atoms with Crippen molar-refractivity contribution in [1.82, 2.24) is 15.1 Å². The quantitative estimate of drug-likeness (QED) is 0.602. The Kier molecular flexibility index (Phi) is 7.91. The Hall–Kier alpha value is -2.77. The van der Waals surface area contributed by atoms with Gasteiger partial charge in [0, 0.05) is 38.9 Å². The van der Waals surface area contributed by atoms with Crippen LogP contribution in [0.15, 0.2) is 29.3 Å². The summed E-state index contributed by atoms with van der Waals surface area (Å²) in [4.78, 5) is 31.9. The van der Waals surface area contributed by atoms with Crippen LogP contribution in [0.1, 0.15) is 19.4 Å². The predicted molar refractivity (Wildman–Crippen MR) is 106 cm³/mol. The molecule has 0 radical (unpaired) electrons. The lowest BCUT2D eigenvalue weighted by Gasteiger charge is -2.35. The van der Waals surface area contributed by atoms with E-state index in [0.717, 1.165) is 12.1 Å². The number of aliphatic imine (C=N–C) groups is 1. The maximum atomic E-state index is 12.2. The third-order valence-electron chi connectivity index (χ3n) is 4.34. The number of guanidine groups is 1. The highest BCUT2D eigenvalue weighted by molar-refractivity contribution is 5.95. The van der Waals surface area contributed by atoms with Crippen LogP contribution >= 0.6 is 0 Å². The minimum absolute atomic E-state index is 0.126. The SMILES string of the molecule is CCOC(=O)N1CCN(C(=NC)NCC(=O)Nc2cccc(CC)c2)CC1. The van der Waals surface area contributed by atoms with Crippen LogP contribution in [-0.2, 0) is 16.0 Å². The van der Waals surface area contributed by atoms with Gasteiger partial charge < -0.3 is 25.2 Å². The molecule has 1 saturated heterocycles. The summed E-state index contributed by atoms with van der Waals surface area (Å²) in [7, 11) is 1.68. The standard InChI is InChI=1S/C19H29N5O3/c1-4-15-7-6-8-16(13-15)22-17(25)14-21-18(20-3)23-9-11-24(12-10-23)19(26)27-5-2/h6-8,13H,4-5,9-12,14H2,1-3H3,(H,20,21)(H,22,25). The van der Waals surface area contributed by atoms with E-state index in [1.54, 1.807) is 18.9 Å². The second-order valence-electron chi connectivity index (χ2n) is 6.18. The molecule has 0 unspecified atom stereocenters. The summed E-state index contributed by atoms with van der Waals surface area (Å²) in [6.07, 6.45) is 0.639. The van der Waals surface area contributed by atoms with Crippen molar-refractivity contribution in [2.24, 2.45) is 4.99 Å². The van der Waals surface area contributed by atoms with E-state index in [4.69, 9.17) is 4.74 Å². The normalized spacial score (nSPS) is 14.7. The predicted octanol–water partition coefficient (Wildman–Crippen LogP) is 1.54. The molecule has 148 valence electrons. The van der Waals surface area contributed by atoms with Crippen LogP contribution in [0.25, 0.3) is 0 Å². The van der Waals surface area contributed by atoms with Crippen molar-refractivity contribution in [3.8, 4) is 0 Å². The van der Waals surface area contributed by atoms with Gasteiger partial charge in [-0.3, -0.25) is 9.79 Å². The number of ether oxygens (including phenoxy) is 1. The zero-order valence-electron chi connectivity index (χ0n) is 16.3. The number of anilines is 1. The fourth-order valence-electron chi connectivity index (χ4n) is 2.88. The van der Waals surface area contributed by atoms with E-state index in [1.165, 1.54) is 5.56 Å². The largest absolute Gasteiger partial charge is 0.450 e. The molecule has 2 N–H and O–H groups in total. The number of amides is 2. The van der Waals surface area contributed by atoms with E-state index in [2.05, 4.69) is 22.5 Å². The first-order valence-corrected chi connectivity index (χ1v) is 9.33. The Morgan fingerprint density at radius 3 is 2.48 bits per heavy atom. The number of carbonyl (C=O) groups excluding carboxylic acids is 2. The highest BCUT2D eigenvalue weighted by Gasteiger charge is 2.23. The van der Waals surface area contributed by atoms with Crippen LogP contribution < -0.4 is 10.6 Å². The molecule has 8 nitrogen and oxygen atoms in total. The number of hydrogen-bond acceptors (Lipinski definition) is 4. The van der Waals surface area contributed by atoms with Gasteiger partial charge in [-0.25, -0.2) is 4.79 Å². The number of aryl methyl sites for hydroxylation is 1. The highest BCUT2D eigenvalue weighted by Crippen LogP contribution is 2.10. The molecule has 0 aromatic heterocycles. The lowest BCUT2D eigenvalue weighted by atomic mass is 10.1. The van der Waals surface area contributed by atoms with Crippen LogP contribution in [-0.4, -0.2) is 74.1 Å². The van der Waals surface area contributed by atoms with Gasteiger partial charge in [0.25, 0.3) is 0 Å². The average Bonchev–Trinajstić information content (AvgIpc) is 2.69. The van der Waals surface area contributed by atoms with Gasteiger partial charge in [-0.15, -0.1) is 0 Å². The van der Waals surface area contributed by atoms with Crippen molar-refractivity contribution in [3.63, 3.8) is 0 Å². The summed E-state index contributed by atoms with van der Waals surface area (Å²) in [5.74, 6) is 0.519. The number of benzene rings is 1. The van der Waals surface area contributed by atoms with Gasteiger partial charge >= 0.3 is 6.09 Å². The van der Waals surface area contributed by atoms with Gasteiger partial charge in [-0.1, -0.05) is 19.1 Å². The molecule has 8 heteroatoms. The fourth-order valence-corrected chi connectivity index (χ4v) is 2.88. The van der Waals surface area contributed by atoms with Gasteiger partial charge in [0.1, 0.15) is 0 Å². The fraction of sp³-hybridized carbons (Fsp3) is 0.526. The first-order chi connectivity index (χ1) is 13.1. The summed E-state index contributed by atoms with van der Waals surface area (Å²) in [5.41, 5.74) is 1.97. The average molecular weight is 375 g/mol. The lowest BCUT2D eigenvalue weighted by Crippen LogP contribution is -2.54. The molecule has 2 amide bonds. The third-order valence-corrected chi connectivity index (χ3v) is 4.34. The molecular formula is C19H29N5O3. The van der Waals surface area contributed by atoms with E-state index in [-0.39, 0.29) is 18.5 Å². The Morgan fingerprint density at radius 1 is 1.15 bits per heavy atom. The third kappa shape index (κ3) is 6.16. The number of hydrogen-bond donors (Lipinski definition) is 2. The Labute approximate surface area is 160 Å². The maximum absolute atomic E-state index is 12.2. The van der Waals surface area contributed by atoms with E-state index >= 15 is 0 Å². The van der Waals surface area contributed by atoms with Crippen LogP contribution in [0.2, 0.25) is 0 Å². The van der Waals surface area contributed by atoms with Crippen molar-refractivity contribution >= 4 is 23.6 Å². The van der Waals surface area contributed by atoms with Crippen molar-refractivity contribution in [2.45, 2.75) is 20.3 Å². The molecule has 1 fully saturated rings. The van der Waals surface area contributed by atoms with E-state index in [1.807, 2.05) is 29.2 Å². The van der Waals surface area contributed by atoms with Crippen LogP contribution in [0.3, 0.4) is 0 Å². The molecule has 0 bridgehead atoms. The number of piperazine rings is 1. The van der Waals surface area contributed by atoms with Gasteiger partial charge in [0.05, 0.1) is 13.2 Å². The zero-order chi connectivity index (χ0) is 19.6. The molecule has 1 aliphatic heterocycles. The monoisotopic (exact) mass is 375 g/mol. The number of nitrogens with one attached hydrogen (secondary N) is 2. The van der Waals surface area contributed by atoms with Gasteiger partial charge in [-0.2, -0.15) is 0 Å². The van der Waals surface area contributed by atoms with Gasteiger partial charge in [0.15, 0.2) is 5.96 Å². The van der Waals surface area contributed by atoms with Gasteiger partial charge in [-0.05, 0) is 31.0 Å². The second-order valence-corrected chi connectivity index (χ2v) is 6.18. The van der Waals surface area contributed by atoms with Crippen LogP contribution in [0.4, 0.5) is 10.5 Å². The number of nitrogens with zero attached hydrogens (tertiary/aromatic N) is 3. The summed E-state index contributed by atoms with van der Waals surface area (Å²) >= 11 is 0. The molecule has 1 heterocycles. The molecular weight excluding hydrogens is 346 g/mol. The Bertz CT molecular complexity index is 669. The summed E-state index contributed by atoms with van der Waals surface area (Å²) in [5, 5.41) is 5.98. The van der Waals surface area contributed by atoms with Crippen LogP contribution in [0, 0.1) is 0 Å². The highest BCUT2D eigenvalue weighted by atomic mass is 16.6. The molecule has 0 saturated carbocycles. The van der Waals surface area contributed by atoms with Crippen molar-refractivity contribution in [3.05, 3.63) is 29.8 Å². The first kappa shape index (κ1) is 20.5. The van der Waals surface area contributed by atoms with Gasteiger partial charge in [0.2, 0.25) is 5.91 Å². The van der Waals surface area contributed by atoms with E-state index in [0.29, 0.717) is 38.7 Å². The molecule has 1 aromatic carbocycles. The summed E-state index contributed by atoms with van der Waals surface area (Å²) in [6.45, 7) is 6.78. The minimum atomic E-state index is -0.284. The maximum Gasteiger partial charge on any atom is 0.409 e. The molecule has 1 aliphatic rings. The minimum Gasteiger partial charge on any atom is -0.450 e. The van der Waals surface area contributed by atoms with E-state index < -0.39 is 0 Å². The molecule has 0 atom stereocenters. The van der Waals surface area contributed by atoms with Crippen molar-refractivity contribution < 1.29 is 14.3 Å². The molecule has 0 aliphatic carbocycles.